The van der Waals surface area contributed by atoms with Crippen molar-refractivity contribution in [1.82, 2.24) is 19.9 Å². The minimum Gasteiger partial charge on any atom is -0.656 e. The molecule has 2 N–H and O–H groups in total. The van der Waals surface area contributed by atoms with Crippen LogP contribution in [0.25, 0.3) is 68.6 Å². The molecule has 0 aliphatic carbocycles. The quantitative estimate of drug-likeness (QED) is 0.145. The molecule has 0 spiro atoms. The van der Waals surface area contributed by atoms with Gasteiger partial charge < -0.3 is 20.4 Å². The Bertz CT molecular complexity index is 2190. The monoisotopic (exact) mass is 703 g/mol. The minimum atomic E-state index is 0. The molecule has 0 radical (unpaired) electrons. The zero-order valence-corrected chi connectivity index (χ0v) is 26.7. The zero-order chi connectivity index (χ0) is 30.3. The standard InChI is InChI=1S/C38H24BrN5O.Ni/c39-37-31-18-14-27(41-31)35(23-8-3-1-4-9-23)29-16-20-33(43-29)38(45-26-13-7-12-25(40)22-26)34-21-17-30(44-34)36(24-10-5-2-6-11-24)28-15-19-32(37)42-28;/h1-22H,40H2;/q-2;+2. The summed E-state index contributed by atoms with van der Waals surface area (Å²) < 4.78 is 7.35. The van der Waals surface area contributed by atoms with Crippen molar-refractivity contribution in [3.05, 3.63) is 136 Å². The van der Waals surface area contributed by atoms with Crippen LogP contribution in [0.15, 0.2) is 114 Å². The van der Waals surface area contributed by atoms with Gasteiger partial charge in [-0.15, -0.1) is 22.1 Å². The van der Waals surface area contributed by atoms with Crippen molar-refractivity contribution in [2.45, 2.75) is 0 Å². The Balaban J connectivity index is 0.00000338. The molecule has 0 unspecified atom stereocenters. The Kier molecular flexibility index (Phi) is 7.91. The van der Waals surface area contributed by atoms with Gasteiger partial charge in [-0.2, -0.15) is 0 Å². The number of nitrogen functional groups attached to an aromatic ring is 1. The second-order valence-electron chi connectivity index (χ2n) is 10.7. The molecule has 0 amide bonds. The molecule has 2 aliphatic rings. The van der Waals surface area contributed by atoms with Crippen LogP contribution < -0.4 is 20.4 Å². The largest absolute Gasteiger partial charge is 2.00 e. The van der Waals surface area contributed by atoms with Gasteiger partial charge >= 0.3 is 16.5 Å². The summed E-state index contributed by atoms with van der Waals surface area (Å²) in [6, 6.07) is 35.8. The molecule has 8 bridgehead atoms. The maximum Gasteiger partial charge on any atom is 2.00 e. The van der Waals surface area contributed by atoms with Crippen LogP contribution in [-0.4, -0.2) is 9.97 Å². The number of hydrogen-bond acceptors (Lipinski definition) is 4. The third kappa shape index (κ3) is 5.47. The summed E-state index contributed by atoms with van der Waals surface area (Å²) in [4.78, 5) is 20.4. The van der Waals surface area contributed by atoms with Gasteiger partial charge in [0, 0.05) is 11.8 Å². The Labute approximate surface area is 283 Å². The third-order valence-corrected chi connectivity index (χ3v) is 8.51. The first-order valence-electron chi connectivity index (χ1n) is 14.5. The van der Waals surface area contributed by atoms with Crippen molar-refractivity contribution in [3.8, 4) is 33.8 Å². The van der Waals surface area contributed by atoms with Crippen LogP contribution in [-0.2, 0) is 16.5 Å². The van der Waals surface area contributed by atoms with E-state index in [0.29, 0.717) is 28.6 Å². The number of hydrogen-bond donors (Lipinski definition) is 1. The Morgan fingerprint density at radius 1 is 0.543 bits per heavy atom. The van der Waals surface area contributed by atoms with E-state index in [-0.39, 0.29) is 16.5 Å². The molecule has 6 nitrogen and oxygen atoms in total. The van der Waals surface area contributed by atoms with Gasteiger partial charge in [0.25, 0.3) is 0 Å². The van der Waals surface area contributed by atoms with Gasteiger partial charge in [-0.3, -0.25) is 0 Å². The number of aromatic nitrogens is 4. The van der Waals surface area contributed by atoms with Crippen LogP contribution in [0.4, 0.5) is 5.69 Å². The third-order valence-electron chi connectivity index (χ3n) is 7.70. The van der Waals surface area contributed by atoms with E-state index in [2.05, 4.69) is 40.2 Å². The summed E-state index contributed by atoms with van der Waals surface area (Å²) in [6.45, 7) is 0. The van der Waals surface area contributed by atoms with Gasteiger partial charge in [-0.25, -0.2) is 9.97 Å². The van der Waals surface area contributed by atoms with Crippen molar-refractivity contribution in [1.29, 1.82) is 0 Å². The molecule has 0 atom stereocenters. The molecular weight excluding hydrogens is 681 g/mol. The molecule has 2 aliphatic heterocycles. The van der Waals surface area contributed by atoms with Gasteiger partial charge in [0.15, 0.2) is 5.75 Å². The molecule has 6 aromatic rings. The zero-order valence-electron chi connectivity index (χ0n) is 24.2. The molecule has 3 aromatic carbocycles. The van der Waals surface area contributed by atoms with Crippen LogP contribution in [0.2, 0.25) is 0 Å². The second kappa shape index (κ2) is 12.3. The average Bonchev–Trinajstić information content (AvgIpc) is 3.90. The molecule has 0 saturated heterocycles. The molecule has 8 rings (SSSR count). The molecule has 8 heteroatoms. The van der Waals surface area contributed by atoms with E-state index in [1.54, 1.807) is 6.07 Å². The first-order valence-corrected chi connectivity index (χ1v) is 15.3. The van der Waals surface area contributed by atoms with Crippen molar-refractivity contribution < 1.29 is 21.2 Å². The normalized spacial score (nSPS) is 11.8. The van der Waals surface area contributed by atoms with Crippen LogP contribution in [0.5, 0.6) is 11.5 Å². The fourth-order valence-electron chi connectivity index (χ4n) is 5.63. The van der Waals surface area contributed by atoms with Crippen molar-refractivity contribution in [2.75, 3.05) is 5.73 Å². The van der Waals surface area contributed by atoms with Gasteiger partial charge in [0.1, 0.15) is 17.1 Å². The van der Waals surface area contributed by atoms with Gasteiger partial charge in [-0.1, -0.05) is 107 Å². The molecule has 5 heterocycles. The van der Waals surface area contributed by atoms with E-state index in [0.717, 1.165) is 60.2 Å². The number of nitrogens with zero attached hydrogens (tertiary/aromatic N) is 4. The van der Waals surface area contributed by atoms with Gasteiger partial charge in [0.2, 0.25) is 0 Å². The summed E-state index contributed by atoms with van der Waals surface area (Å²) in [5.41, 5.74) is 16.6. The van der Waals surface area contributed by atoms with E-state index in [1.807, 2.05) is 103 Å². The van der Waals surface area contributed by atoms with Crippen LogP contribution in [0.1, 0.15) is 22.8 Å². The maximum absolute atomic E-state index is 6.54. The summed E-state index contributed by atoms with van der Waals surface area (Å²) in [5, 5.41) is 0. The molecule has 3 aromatic heterocycles. The fraction of sp³-hybridized carbons (Fsp3) is 0. The number of fused-ring (bicyclic) bond motifs is 8. The molecule has 0 saturated carbocycles. The smallest absolute Gasteiger partial charge is 0.656 e. The summed E-state index contributed by atoms with van der Waals surface area (Å²) >= 11 is 3.81. The maximum atomic E-state index is 6.54. The van der Waals surface area contributed by atoms with E-state index in [1.165, 1.54) is 0 Å². The predicted octanol–water partition coefficient (Wildman–Crippen LogP) is 9.38. The molecule has 0 fully saturated rings. The fourth-order valence-corrected chi connectivity index (χ4v) is 6.07. The number of halogens is 1. The molecule has 224 valence electrons. The average molecular weight is 705 g/mol. The summed E-state index contributed by atoms with van der Waals surface area (Å²) in [6.07, 6.45) is 7.93. The van der Waals surface area contributed by atoms with E-state index >= 15 is 0 Å². The number of benzene rings is 3. The van der Waals surface area contributed by atoms with Gasteiger partial charge in [-0.05, 0) is 63.2 Å². The van der Waals surface area contributed by atoms with Crippen molar-refractivity contribution in [3.63, 3.8) is 0 Å². The van der Waals surface area contributed by atoms with E-state index in [9.17, 15) is 0 Å². The SMILES string of the molecule is Nc1cccc(Oc2c3nc(c(-c4ccccc4)c4ccc([n-]4)c(Br)c4ccc([n-]4)c(-c4ccccc4)c4nc2C=C4)C=C3)c1.[Ni+2]. The number of nitrogens with two attached hydrogens (primary N) is 1. The second-order valence-corrected chi connectivity index (χ2v) is 11.5. The number of anilines is 1. The van der Waals surface area contributed by atoms with Crippen molar-refractivity contribution >= 4 is 68.0 Å². The number of ether oxygens (including phenoxy) is 1. The van der Waals surface area contributed by atoms with E-state index in [4.69, 9.17) is 30.4 Å². The first-order chi connectivity index (χ1) is 22.1. The van der Waals surface area contributed by atoms with E-state index < -0.39 is 0 Å². The Morgan fingerprint density at radius 2 is 1.02 bits per heavy atom. The van der Waals surface area contributed by atoms with Crippen LogP contribution in [0.3, 0.4) is 0 Å². The minimum absolute atomic E-state index is 0. The Hall–Kier alpha value is -5.17. The number of rotatable bonds is 4. The summed E-state index contributed by atoms with van der Waals surface area (Å²) in [7, 11) is 0. The Morgan fingerprint density at radius 3 is 1.52 bits per heavy atom. The molecular formula is C38H24BrN5NiO. The molecule has 46 heavy (non-hydrogen) atoms. The van der Waals surface area contributed by atoms with Gasteiger partial charge in [0.05, 0.1) is 11.4 Å². The van der Waals surface area contributed by atoms with Crippen LogP contribution in [0, 0.1) is 0 Å². The van der Waals surface area contributed by atoms with Crippen LogP contribution >= 0.6 is 15.9 Å². The predicted molar refractivity (Wildman–Crippen MR) is 186 cm³/mol. The van der Waals surface area contributed by atoms with Crippen molar-refractivity contribution in [2.24, 2.45) is 0 Å². The first kappa shape index (κ1) is 29.5. The summed E-state index contributed by atoms with van der Waals surface area (Å²) in [5.74, 6) is 1.12. The topological polar surface area (TPSA) is 89.2 Å².